The molecule has 112 valence electrons. The summed E-state index contributed by atoms with van der Waals surface area (Å²) in [6.07, 6.45) is 1.87. The monoisotopic (exact) mass is 369 g/mol. The molecule has 21 heavy (non-hydrogen) atoms. The Labute approximate surface area is 138 Å². The van der Waals surface area contributed by atoms with Gasteiger partial charge in [0.1, 0.15) is 5.82 Å². The van der Waals surface area contributed by atoms with E-state index in [2.05, 4.69) is 28.2 Å². The van der Waals surface area contributed by atoms with Crippen molar-refractivity contribution in [2.24, 2.45) is 0 Å². The average Bonchev–Trinajstić information content (AvgIpc) is 2.46. The van der Waals surface area contributed by atoms with Gasteiger partial charge in [-0.15, -0.1) is 0 Å². The smallest absolute Gasteiger partial charge is 0.123 e. The Balaban J connectivity index is 2.22. The quantitative estimate of drug-likeness (QED) is 0.705. The molecule has 0 fully saturated rings. The van der Waals surface area contributed by atoms with E-state index in [0.29, 0.717) is 5.02 Å². The predicted molar refractivity (Wildman–Crippen MR) is 90.3 cm³/mol. The maximum atomic E-state index is 13.0. The summed E-state index contributed by atoms with van der Waals surface area (Å²) in [5.41, 5.74) is 2.27. The van der Waals surface area contributed by atoms with Crippen molar-refractivity contribution in [3.63, 3.8) is 0 Å². The van der Waals surface area contributed by atoms with E-state index in [-0.39, 0.29) is 11.9 Å². The van der Waals surface area contributed by atoms with Gasteiger partial charge in [-0.05, 0) is 54.8 Å². The van der Waals surface area contributed by atoms with Gasteiger partial charge in [0.2, 0.25) is 0 Å². The van der Waals surface area contributed by atoms with Gasteiger partial charge < -0.3 is 5.32 Å². The maximum Gasteiger partial charge on any atom is 0.123 e. The van der Waals surface area contributed by atoms with Crippen LogP contribution >= 0.6 is 27.5 Å². The standard InChI is InChI=1S/C17H18BrClFN/c1-2-9-21-17(10-12-3-6-14(20)7-4-12)15-8-5-13(19)11-16(15)18/h3-8,11,17,21H,2,9-10H2,1H3. The van der Waals surface area contributed by atoms with Gasteiger partial charge in [-0.25, -0.2) is 4.39 Å². The molecule has 1 N–H and O–H groups in total. The van der Waals surface area contributed by atoms with E-state index >= 15 is 0 Å². The van der Waals surface area contributed by atoms with Crippen LogP contribution in [0.2, 0.25) is 5.02 Å². The first kappa shape index (κ1) is 16.5. The molecule has 2 aromatic carbocycles. The Morgan fingerprint density at radius 1 is 1.19 bits per heavy atom. The fraction of sp³-hybridized carbons (Fsp3) is 0.294. The molecule has 1 unspecified atom stereocenters. The molecule has 1 nitrogen and oxygen atoms in total. The largest absolute Gasteiger partial charge is 0.310 e. The van der Waals surface area contributed by atoms with E-state index in [0.717, 1.165) is 35.0 Å². The van der Waals surface area contributed by atoms with Crippen LogP contribution in [-0.4, -0.2) is 6.54 Å². The summed E-state index contributed by atoms with van der Waals surface area (Å²) >= 11 is 9.59. The molecule has 0 aromatic heterocycles. The van der Waals surface area contributed by atoms with E-state index in [9.17, 15) is 4.39 Å². The van der Waals surface area contributed by atoms with Gasteiger partial charge in [-0.3, -0.25) is 0 Å². The van der Waals surface area contributed by atoms with Crippen molar-refractivity contribution >= 4 is 27.5 Å². The van der Waals surface area contributed by atoms with Crippen molar-refractivity contribution in [1.29, 1.82) is 0 Å². The molecule has 0 saturated carbocycles. The van der Waals surface area contributed by atoms with Gasteiger partial charge >= 0.3 is 0 Å². The molecule has 1 atom stereocenters. The van der Waals surface area contributed by atoms with Gasteiger partial charge in [-0.1, -0.05) is 52.7 Å². The summed E-state index contributed by atoms with van der Waals surface area (Å²) in [6.45, 7) is 3.07. The Morgan fingerprint density at radius 3 is 2.52 bits per heavy atom. The number of benzene rings is 2. The third kappa shape index (κ3) is 4.80. The molecule has 0 bridgehead atoms. The predicted octanol–water partition coefficient (Wildman–Crippen LogP) is 5.53. The lowest BCUT2D eigenvalue weighted by molar-refractivity contribution is 0.527. The molecular weight excluding hydrogens is 353 g/mol. The molecule has 2 aromatic rings. The molecule has 4 heteroatoms. The average molecular weight is 371 g/mol. The molecule has 2 rings (SSSR count). The summed E-state index contributed by atoms with van der Waals surface area (Å²) in [7, 11) is 0. The van der Waals surface area contributed by atoms with Crippen LogP contribution in [0.1, 0.15) is 30.5 Å². The minimum absolute atomic E-state index is 0.169. The SMILES string of the molecule is CCCNC(Cc1ccc(F)cc1)c1ccc(Cl)cc1Br. The van der Waals surface area contributed by atoms with E-state index < -0.39 is 0 Å². The molecule has 0 amide bonds. The first-order valence-corrected chi connectivity index (χ1v) is 8.20. The second-order valence-corrected chi connectivity index (χ2v) is 6.29. The summed E-state index contributed by atoms with van der Waals surface area (Å²) < 4.78 is 14.0. The Morgan fingerprint density at radius 2 is 1.90 bits per heavy atom. The van der Waals surface area contributed by atoms with E-state index in [1.165, 1.54) is 12.1 Å². The molecule has 0 aliphatic rings. The first-order valence-electron chi connectivity index (χ1n) is 7.03. The van der Waals surface area contributed by atoms with Crippen LogP contribution in [0.4, 0.5) is 4.39 Å². The Kier molecular flexibility index (Phi) is 6.22. The molecule has 0 aliphatic heterocycles. The van der Waals surface area contributed by atoms with Crippen LogP contribution in [0.15, 0.2) is 46.9 Å². The number of nitrogens with one attached hydrogen (secondary N) is 1. The molecule has 0 heterocycles. The topological polar surface area (TPSA) is 12.0 Å². The lowest BCUT2D eigenvalue weighted by Gasteiger charge is -2.21. The van der Waals surface area contributed by atoms with Crippen molar-refractivity contribution in [2.45, 2.75) is 25.8 Å². The van der Waals surface area contributed by atoms with Gasteiger partial charge in [-0.2, -0.15) is 0 Å². The lowest BCUT2D eigenvalue weighted by Crippen LogP contribution is -2.24. The minimum Gasteiger partial charge on any atom is -0.310 e. The third-order valence-corrected chi connectivity index (χ3v) is 4.25. The second-order valence-electron chi connectivity index (χ2n) is 5.00. The fourth-order valence-corrected chi connectivity index (χ4v) is 3.21. The van der Waals surface area contributed by atoms with Gasteiger partial charge in [0.15, 0.2) is 0 Å². The third-order valence-electron chi connectivity index (χ3n) is 3.33. The maximum absolute atomic E-state index is 13.0. The summed E-state index contributed by atoms with van der Waals surface area (Å²) in [5.74, 6) is -0.204. The highest BCUT2D eigenvalue weighted by atomic mass is 79.9. The van der Waals surface area contributed by atoms with Crippen molar-refractivity contribution in [3.8, 4) is 0 Å². The van der Waals surface area contributed by atoms with Crippen LogP contribution in [0.5, 0.6) is 0 Å². The summed E-state index contributed by atoms with van der Waals surface area (Å²) in [6, 6.07) is 12.7. The Bertz CT molecular complexity index is 586. The zero-order valence-corrected chi connectivity index (χ0v) is 14.2. The van der Waals surface area contributed by atoms with Gasteiger partial charge in [0.05, 0.1) is 0 Å². The van der Waals surface area contributed by atoms with Gasteiger partial charge in [0.25, 0.3) is 0 Å². The highest BCUT2D eigenvalue weighted by molar-refractivity contribution is 9.10. The molecule has 0 radical (unpaired) electrons. The zero-order chi connectivity index (χ0) is 15.2. The number of hydrogen-bond acceptors (Lipinski definition) is 1. The van der Waals surface area contributed by atoms with E-state index in [1.807, 2.05) is 30.3 Å². The normalized spacial score (nSPS) is 12.4. The highest BCUT2D eigenvalue weighted by Crippen LogP contribution is 2.29. The first-order chi connectivity index (χ1) is 10.1. The van der Waals surface area contributed by atoms with Gasteiger partial charge in [0, 0.05) is 15.5 Å². The lowest BCUT2D eigenvalue weighted by atomic mass is 9.98. The highest BCUT2D eigenvalue weighted by Gasteiger charge is 2.15. The number of rotatable bonds is 6. The van der Waals surface area contributed by atoms with Crippen molar-refractivity contribution in [1.82, 2.24) is 5.32 Å². The van der Waals surface area contributed by atoms with Crippen LogP contribution in [-0.2, 0) is 6.42 Å². The molecule has 0 saturated heterocycles. The van der Waals surface area contributed by atoms with Crippen LogP contribution in [0.3, 0.4) is 0 Å². The van der Waals surface area contributed by atoms with Crippen molar-refractivity contribution in [2.75, 3.05) is 6.54 Å². The minimum atomic E-state index is -0.204. The molecular formula is C17H18BrClFN. The summed E-state index contributed by atoms with van der Waals surface area (Å²) in [5, 5.41) is 4.25. The van der Waals surface area contributed by atoms with Crippen LogP contribution in [0.25, 0.3) is 0 Å². The van der Waals surface area contributed by atoms with Crippen molar-refractivity contribution < 1.29 is 4.39 Å². The number of halogens is 3. The summed E-state index contributed by atoms with van der Waals surface area (Å²) in [4.78, 5) is 0. The number of hydrogen-bond donors (Lipinski definition) is 1. The zero-order valence-electron chi connectivity index (χ0n) is 11.9. The molecule has 0 aliphatic carbocycles. The van der Waals surface area contributed by atoms with E-state index in [1.54, 1.807) is 0 Å². The van der Waals surface area contributed by atoms with Crippen LogP contribution < -0.4 is 5.32 Å². The van der Waals surface area contributed by atoms with E-state index in [4.69, 9.17) is 11.6 Å². The van der Waals surface area contributed by atoms with Crippen LogP contribution in [0, 0.1) is 5.82 Å². The molecule has 0 spiro atoms. The Hall–Kier alpha value is -0.900. The second kappa shape index (κ2) is 7.92. The van der Waals surface area contributed by atoms with Crippen molar-refractivity contribution in [3.05, 3.63) is 68.9 Å². The fourth-order valence-electron chi connectivity index (χ4n) is 2.25.